The van der Waals surface area contributed by atoms with Crippen molar-refractivity contribution in [3.05, 3.63) is 0 Å². The molecule has 1 aliphatic heterocycles. The Morgan fingerprint density at radius 1 is 1.36 bits per heavy atom. The summed E-state index contributed by atoms with van der Waals surface area (Å²) in [5.41, 5.74) is 0. The van der Waals surface area contributed by atoms with Gasteiger partial charge in [0.15, 0.2) is 0 Å². The van der Waals surface area contributed by atoms with Crippen LogP contribution in [-0.4, -0.2) is 19.3 Å². The molecule has 1 aliphatic rings. The molecule has 0 saturated carbocycles. The molecule has 66 valence electrons. The summed E-state index contributed by atoms with van der Waals surface area (Å²) in [4.78, 5) is 0. The molecule has 0 bridgehead atoms. The zero-order valence-electron chi connectivity index (χ0n) is 6.94. The molecule has 0 spiro atoms. The van der Waals surface area contributed by atoms with E-state index in [2.05, 4.69) is 0 Å². The van der Waals surface area contributed by atoms with Gasteiger partial charge in [0.1, 0.15) is 0 Å². The molecule has 1 saturated heterocycles. The first kappa shape index (κ1) is 9.62. The van der Waals surface area contributed by atoms with Gasteiger partial charge >= 0.3 is 6.72 Å². The van der Waals surface area contributed by atoms with Crippen LogP contribution in [0.2, 0.25) is 0 Å². The molecule has 1 fully saturated rings. The second-order valence-electron chi connectivity index (χ2n) is 2.70. The van der Waals surface area contributed by atoms with Gasteiger partial charge in [-0.15, -0.1) is 0 Å². The van der Waals surface area contributed by atoms with Crippen molar-refractivity contribution >= 4 is 18.5 Å². The second kappa shape index (κ2) is 3.50. The summed E-state index contributed by atoms with van der Waals surface area (Å²) in [7, 11) is 1.53. The van der Waals surface area contributed by atoms with Crippen LogP contribution >= 0.6 is 6.72 Å². The Hall–Kier alpha value is 0.530. The molecule has 0 amide bonds. The molecule has 5 heteroatoms. The number of hydrogen-bond acceptors (Lipinski definition) is 4. The smallest absolute Gasteiger partial charge is 0.312 e. The van der Waals surface area contributed by atoms with E-state index in [9.17, 15) is 0 Å². The third kappa shape index (κ3) is 2.49. The van der Waals surface area contributed by atoms with Crippen LogP contribution < -0.4 is 0 Å². The fraction of sp³-hybridized carbons (Fsp3) is 1.00. The summed E-state index contributed by atoms with van der Waals surface area (Å²) < 4.78 is 15.8. The molecule has 1 heterocycles. The van der Waals surface area contributed by atoms with Gasteiger partial charge in [0.2, 0.25) is 0 Å². The van der Waals surface area contributed by atoms with Crippen LogP contribution in [0, 0.1) is 0 Å². The van der Waals surface area contributed by atoms with Crippen molar-refractivity contribution in [2.24, 2.45) is 0 Å². The first-order chi connectivity index (χ1) is 5.06. The van der Waals surface area contributed by atoms with Crippen molar-refractivity contribution in [1.29, 1.82) is 0 Å². The van der Waals surface area contributed by atoms with E-state index in [0.717, 1.165) is 6.42 Å². The monoisotopic (exact) mass is 196 g/mol. The molecule has 0 aliphatic carbocycles. The maximum absolute atomic E-state index is 5.37. The normalized spacial score (nSPS) is 45.7. The van der Waals surface area contributed by atoms with Gasteiger partial charge in [0, 0.05) is 13.5 Å². The number of rotatable bonds is 1. The Morgan fingerprint density at radius 3 is 2.18 bits per heavy atom. The van der Waals surface area contributed by atoms with Gasteiger partial charge < -0.3 is 13.6 Å². The van der Waals surface area contributed by atoms with Crippen LogP contribution in [0.3, 0.4) is 0 Å². The van der Waals surface area contributed by atoms with Gasteiger partial charge in [-0.25, -0.2) is 0 Å². The first-order valence-corrected chi connectivity index (χ1v) is 6.14. The molecule has 3 nitrogen and oxygen atoms in total. The average molecular weight is 196 g/mol. The maximum Gasteiger partial charge on any atom is 0.327 e. The minimum Gasteiger partial charge on any atom is -0.312 e. The first-order valence-electron chi connectivity index (χ1n) is 3.58. The molecular formula is C6H13O3PS. The highest BCUT2D eigenvalue weighted by molar-refractivity contribution is 8.07. The largest absolute Gasteiger partial charge is 0.327 e. The zero-order valence-corrected chi connectivity index (χ0v) is 8.65. The highest BCUT2D eigenvalue weighted by atomic mass is 32.5. The van der Waals surface area contributed by atoms with Crippen LogP contribution in [0.15, 0.2) is 0 Å². The van der Waals surface area contributed by atoms with Gasteiger partial charge in [-0.05, 0) is 25.7 Å². The minimum atomic E-state index is -2.37. The Kier molecular flexibility index (Phi) is 3.06. The fourth-order valence-electron chi connectivity index (χ4n) is 1.11. The molecule has 0 N–H and O–H groups in total. The zero-order chi connectivity index (χ0) is 8.48. The quantitative estimate of drug-likeness (QED) is 0.600. The summed E-state index contributed by atoms with van der Waals surface area (Å²) in [5.74, 6) is 0. The van der Waals surface area contributed by atoms with Crippen molar-refractivity contribution in [2.75, 3.05) is 7.11 Å². The van der Waals surface area contributed by atoms with Crippen molar-refractivity contribution < 1.29 is 13.6 Å². The SMILES string of the molecule is COP1(=S)O[C@H](C)C[C@@H](C)O1. The highest BCUT2D eigenvalue weighted by Gasteiger charge is 2.31. The summed E-state index contributed by atoms with van der Waals surface area (Å²) in [6, 6.07) is 0. The summed E-state index contributed by atoms with van der Waals surface area (Å²) >= 11 is 5.05. The van der Waals surface area contributed by atoms with Gasteiger partial charge in [-0.2, -0.15) is 0 Å². The van der Waals surface area contributed by atoms with Crippen molar-refractivity contribution in [1.82, 2.24) is 0 Å². The minimum absolute atomic E-state index is 0.157. The predicted molar refractivity (Wildman–Crippen MR) is 47.0 cm³/mol. The molecule has 0 radical (unpaired) electrons. The van der Waals surface area contributed by atoms with E-state index in [1.165, 1.54) is 7.11 Å². The summed E-state index contributed by atoms with van der Waals surface area (Å²) in [6.45, 7) is 1.60. The van der Waals surface area contributed by atoms with Gasteiger partial charge in [0.05, 0.1) is 12.2 Å². The molecule has 0 aromatic heterocycles. The fourth-order valence-corrected chi connectivity index (χ4v) is 3.26. The molecular weight excluding hydrogens is 183 g/mol. The third-order valence-corrected chi connectivity index (χ3v) is 4.15. The molecule has 1 rings (SSSR count). The van der Waals surface area contributed by atoms with E-state index in [4.69, 9.17) is 25.4 Å². The van der Waals surface area contributed by atoms with Gasteiger partial charge in [0.25, 0.3) is 0 Å². The number of hydrogen-bond donors (Lipinski definition) is 0. The summed E-state index contributed by atoms with van der Waals surface area (Å²) in [6.07, 6.45) is 1.20. The molecule has 0 aromatic rings. The predicted octanol–water partition coefficient (Wildman–Crippen LogP) is 2.07. The highest BCUT2D eigenvalue weighted by Crippen LogP contribution is 2.54. The Morgan fingerprint density at radius 2 is 1.82 bits per heavy atom. The van der Waals surface area contributed by atoms with E-state index < -0.39 is 6.72 Å². The lowest BCUT2D eigenvalue weighted by Gasteiger charge is -2.32. The average Bonchev–Trinajstić information content (AvgIpc) is 1.84. The van der Waals surface area contributed by atoms with Crippen LogP contribution in [-0.2, 0) is 25.4 Å². The third-order valence-electron chi connectivity index (χ3n) is 1.51. The lowest BCUT2D eigenvalue weighted by Crippen LogP contribution is -2.24. The van der Waals surface area contributed by atoms with Gasteiger partial charge in [-0.3, -0.25) is 0 Å². The molecule has 2 atom stereocenters. The standard InChI is InChI=1S/C6H13O3PS/c1-5-4-6(2)9-10(11,7-3)8-5/h5-6H,4H2,1-3H3/t5-,6-/m1/s1. The van der Waals surface area contributed by atoms with Crippen molar-refractivity contribution in [2.45, 2.75) is 32.5 Å². The van der Waals surface area contributed by atoms with Crippen molar-refractivity contribution in [3.63, 3.8) is 0 Å². The lowest BCUT2D eigenvalue weighted by atomic mass is 10.2. The Bertz CT molecular complexity index is 171. The molecule has 0 unspecified atom stereocenters. The van der Waals surface area contributed by atoms with Crippen LogP contribution in [0.25, 0.3) is 0 Å². The molecule has 0 aromatic carbocycles. The van der Waals surface area contributed by atoms with Crippen LogP contribution in [0.1, 0.15) is 20.3 Å². The summed E-state index contributed by atoms with van der Waals surface area (Å²) in [5, 5.41) is 0. The van der Waals surface area contributed by atoms with E-state index in [-0.39, 0.29) is 12.2 Å². The van der Waals surface area contributed by atoms with Crippen molar-refractivity contribution in [3.8, 4) is 0 Å². The second-order valence-corrected chi connectivity index (χ2v) is 5.72. The topological polar surface area (TPSA) is 27.7 Å². The van der Waals surface area contributed by atoms with E-state index in [0.29, 0.717) is 0 Å². The molecule has 11 heavy (non-hydrogen) atoms. The van der Waals surface area contributed by atoms with E-state index in [1.54, 1.807) is 0 Å². The van der Waals surface area contributed by atoms with Crippen LogP contribution in [0.5, 0.6) is 0 Å². The maximum atomic E-state index is 5.37. The van der Waals surface area contributed by atoms with E-state index >= 15 is 0 Å². The van der Waals surface area contributed by atoms with E-state index in [1.807, 2.05) is 13.8 Å². The van der Waals surface area contributed by atoms with Gasteiger partial charge in [-0.1, -0.05) is 0 Å². The lowest BCUT2D eigenvalue weighted by molar-refractivity contribution is 0.0370. The Labute approximate surface area is 72.3 Å². The van der Waals surface area contributed by atoms with Crippen LogP contribution in [0.4, 0.5) is 0 Å². The Balaban J connectivity index is 2.63.